The van der Waals surface area contributed by atoms with E-state index in [0.29, 0.717) is 23.8 Å². The van der Waals surface area contributed by atoms with Crippen molar-refractivity contribution >= 4 is 5.96 Å². The van der Waals surface area contributed by atoms with E-state index in [9.17, 15) is 0 Å². The summed E-state index contributed by atoms with van der Waals surface area (Å²) in [6, 6.07) is 3.87. The Morgan fingerprint density at radius 2 is 1.72 bits per heavy atom. The van der Waals surface area contributed by atoms with Crippen molar-refractivity contribution in [2.75, 3.05) is 74.2 Å². The van der Waals surface area contributed by atoms with Gasteiger partial charge in [0.05, 0.1) is 27.9 Å². The number of nitrogens with zero attached hydrogens (tertiary/aromatic N) is 3. The van der Waals surface area contributed by atoms with E-state index in [1.807, 2.05) is 12.1 Å². The average molecular weight is 408 g/mol. The molecule has 164 valence electrons. The summed E-state index contributed by atoms with van der Waals surface area (Å²) < 4.78 is 16.2. The molecule has 1 aromatic rings. The van der Waals surface area contributed by atoms with Crippen molar-refractivity contribution in [1.29, 1.82) is 0 Å². The first-order valence-corrected chi connectivity index (χ1v) is 10.3. The third-order valence-corrected chi connectivity index (χ3v) is 5.02. The molecule has 0 unspecified atom stereocenters. The maximum Gasteiger partial charge on any atom is 0.203 e. The first-order valence-electron chi connectivity index (χ1n) is 10.3. The van der Waals surface area contributed by atoms with E-state index in [1.165, 1.54) is 13.0 Å². The van der Waals surface area contributed by atoms with Gasteiger partial charge in [0.2, 0.25) is 5.75 Å². The standard InChI is InChI=1S/C21H37N5O3/c1-6-22-21(23-8-11-26-10-7-9-25(2)12-13-26)24-16-17-14-18(27-3)20(29-5)19(15-17)28-4/h14-15H,6-13,16H2,1-5H3,(H2,22,23,24). The van der Waals surface area contributed by atoms with Gasteiger partial charge in [-0.25, -0.2) is 4.99 Å². The molecule has 0 aliphatic carbocycles. The van der Waals surface area contributed by atoms with Gasteiger partial charge in [-0.15, -0.1) is 0 Å². The molecule has 1 saturated heterocycles. The lowest BCUT2D eigenvalue weighted by Crippen LogP contribution is -2.42. The van der Waals surface area contributed by atoms with Crippen LogP contribution in [-0.2, 0) is 6.54 Å². The molecule has 0 aromatic heterocycles. The SMILES string of the molecule is CCNC(=NCc1cc(OC)c(OC)c(OC)c1)NCCN1CCCN(C)CC1. The molecule has 29 heavy (non-hydrogen) atoms. The summed E-state index contributed by atoms with van der Waals surface area (Å²) in [5.74, 6) is 2.69. The zero-order valence-electron chi connectivity index (χ0n) is 18.6. The Hall–Kier alpha value is -2.19. The number of guanidine groups is 1. The summed E-state index contributed by atoms with van der Waals surface area (Å²) >= 11 is 0. The van der Waals surface area contributed by atoms with Crippen molar-refractivity contribution in [1.82, 2.24) is 20.4 Å². The second-order valence-corrected chi connectivity index (χ2v) is 7.15. The molecular formula is C21H37N5O3. The molecule has 1 aromatic carbocycles. The zero-order chi connectivity index (χ0) is 21.1. The van der Waals surface area contributed by atoms with E-state index in [2.05, 4.69) is 34.4 Å². The Labute approximate surface area is 175 Å². The van der Waals surface area contributed by atoms with Gasteiger partial charge >= 0.3 is 0 Å². The quantitative estimate of drug-likeness (QED) is 0.474. The number of ether oxygens (including phenoxy) is 3. The lowest BCUT2D eigenvalue weighted by Gasteiger charge is -2.21. The molecular weight excluding hydrogens is 370 g/mol. The van der Waals surface area contributed by atoms with Gasteiger partial charge in [-0.1, -0.05) is 0 Å². The molecule has 0 saturated carbocycles. The van der Waals surface area contributed by atoms with Gasteiger partial charge < -0.3 is 34.6 Å². The Morgan fingerprint density at radius 3 is 2.34 bits per heavy atom. The molecule has 2 N–H and O–H groups in total. The number of rotatable bonds is 9. The van der Waals surface area contributed by atoms with Crippen LogP contribution in [0.4, 0.5) is 0 Å². The maximum atomic E-state index is 5.43. The summed E-state index contributed by atoms with van der Waals surface area (Å²) in [6.07, 6.45) is 1.23. The van der Waals surface area contributed by atoms with Crippen LogP contribution in [-0.4, -0.2) is 89.9 Å². The van der Waals surface area contributed by atoms with Crippen molar-refractivity contribution < 1.29 is 14.2 Å². The Morgan fingerprint density at radius 1 is 1.00 bits per heavy atom. The van der Waals surface area contributed by atoms with Crippen LogP contribution in [0.3, 0.4) is 0 Å². The van der Waals surface area contributed by atoms with Gasteiger partial charge in [0.25, 0.3) is 0 Å². The van der Waals surface area contributed by atoms with Crippen molar-refractivity contribution in [3.8, 4) is 17.2 Å². The van der Waals surface area contributed by atoms with Crippen LogP contribution < -0.4 is 24.8 Å². The van der Waals surface area contributed by atoms with Crippen molar-refractivity contribution in [2.24, 2.45) is 4.99 Å². The molecule has 1 heterocycles. The van der Waals surface area contributed by atoms with Crippen LogP contribution >= 0.6 is 0 Å². The number of likely N-dealkylation sites (N-methyl/N-ethyl adjacent to an activating group) is 1. The predicted molar refractivity (Wildman–Crippen MR) is 117 cm³/mol. The van der Waals surface area contributed by atoms with Crippen LogP contribution in [0.1, 0.15) is 18.9 Å². The minimum atomic E-state index is 0.514. The zero-order valence-corrected chi connectivity index (χ0v) is 18.6. The molecule has 2 rings (SSSR count). The van der Waals surface area contributed by atoms with Crippen molar-refractivity contribution in [3.63, 3.8) is 0 Å². The Bertz CT molecular complexity index is 628. The molecule has 1 fully saturated rings. The average Bonchev–Trinajstić information content (AvgIpc) is 2.95. The molecule has 0 amide bonds. The van der Waals surface area contributed by atoms with E-state index in [1.54, 1.807) is 21.3 Å². The smallest absolute Gasteiger partial charge is 0.203 e. The molecule has 1 aliphatic heterocycles. The van der Waals surface area contributed by atoms with E-state index in [-0.39, 0.29) is 0 Å². The Kier molecular flexibility index (Phi) is 9.87. The van der Waals surface area contributed by atoms with Gasteiger partial charge in [0, 0.05) is 32.7 Å². The van der Waals surface area contributed by atoms with Gasteiger partial charge in [-0.05, 0) is 51.2 Å². The van der Waals surface area contributed by atoms with E-state index in [0.717, 1.165) is 50.8 Å². The van der Waals surface area contributed by atoms with Crippen LogP contribution in [0.5, 0.6) is 17.2 Å². The lowest BCUT2D eigenvalue weighted by atomic mass is 10.2. The normalized spacial score (nSPS) is 16.2. The summed E-state index contributed by atoms with van der Waals surface area (Å²) in [5.41, 5.74) is 0.993. The summed E-state index contributed by atoms with van der Waals surface area (Å²) in [7, 11) is 7.04. The highest BCUT2D eigenvalue weighted by molar-refractivity contribution is 5.79. The second kappa shape index (κ2) is 12.4. The fourth-order valence-corrected chi connectivity index (χ4v) is 3.39. The number of nitrogens with one attached hydrogen (secondary N) is 2. The van der Waals surface area contributed by atoms with Crippen LogP contribution in [0.15, 0.2) is 17.1 Å². The molecule has 0 radical (unpaired) electrons. The number of benzene rings is 1. The molecule has 1 aliphatic rings. The van der Waals surface area contributed by atoms with Gasteiger partial charge in [-0.2, -0.15) is 0 Å². The van der Waals surface area contributed by atoms with Gasteiger partial charge in [-0.3, -0.25) is 0 Å². The van der Waals surface area contributed by atoms with Gasteiger partial charge in [0.1, 0.15) is 0 Å². The highest BCUT2D eigenvalue weighted by Gasteiger charge is 2.14. The first kappa shape index (κ1) is 23.1. The molecule has 8 heteroatoms. The van der Waals surface area contributed by atoms with Crippen molar-refractivity contribution in [3.05, 3.63) is 17.7 Å². The molecule has 0 atom stereocenters. The largest absolute Gasteiger partial charge is 0.493 e. The number of hydrogen-bond acceptors (Lipinski definition) is 6. The Balaban J connectivity index is 1.96. The molecule has 8 nitrogen and oxygen atoms in total. The minimum Gasteiger partial charge on any atom is -0.493 e. The number of aliphatic imine (C=N–C) groups is 1. The fourth-order valence-electron chi connectivity index (χ4n) is 3.39. The van der Waals surface area contributed by atoms with E-state index >= 15 is 0 Å². The van der Waals surface area contributed by atoms with Crippen LogP contribution in [0, 0.1) is 0 Å². The van der Waals surface area contributed by atoms with Crippen LogP contribution in [0.25, 0.3) is 0 Å². The highest BCUT2D eigenvalue weighted by Crippen LogP contribution is 2.38. The third-order valence-electron chi connectivity index (χ3n) is 5.02. The topological polar surface area (TPSA) is 70.6 Å². The van der Waals surface area contributed by atoms with Crippen LogP contribution in [0.2, 0.25) is 0 Å². The minimum absolute atomic E-state index is 0.514. The second-order valence-electron chi connectivity index (χ2n) is 7.15. The molecule has 0 spiro atoms. The summed E-state index contributed by atoms with van der Waals surface area (Å²) in [6.45, 7) is 9.88. The lowest BCUT2D eigenvalue weighted by molar-refractivity contribution is 0.280. The van der Waals surface area contributed by atoms with E-state index in [4.69, 9.17) is 19.2 Å². The fraction of sp³-hybridized carbons (Fsp3) is 0.667. The maximum absolute atomic E-state index is 5.43. The van der Waals surface area contributed by atoms with Gasteiger partial charge in [0.15, 0.2) is 17.5 Å². The summed E-state index contributed by atoms with van der Waals surface area (Å²) in [5, 5.41) is 6.76. The monoisotopic (exact) mass is 407 g/mol. The number of hydrogen-bond donors (Lipinski definition) is 2. The van der Waals surface area contributed by atoms with Crippen molar-refractivity contribution in [2.45, 2.75) is 19.9 Å². The predicted octanol–water partition coefficient (Wildman–Crippen LogP) is 1.41. The number of methoxy groups -OCH3 is 3. The van der Waals surface area contributed by atoms with E-state index < -0.39 is 0 Å². The molecule has 0 bridgehead atoms. The first-order chi connectivity index (χ1) is 14.1. The third kappa shape index (κ3) is 7.29. The summed E-state index contributed by atoms with van der Waals surface area (Å²) in [4.78, 5) is 9.63. The highest BCUT2D eigenvalue weighted by atomic mass is 16.5.